The molecule has 0 aliphatic heterocycles. The number of aromatic carboxylic acids is 1. The average molecular weight is 622 g/mol. The van der Waals surface area contributed by atoms with Crippen LogP contribution in [-0.4, -0.2) is 33.6 Å². The number of halogens is 4. The summed E-state index contributed by atoms with van der Waals surface area (Å²) in [5.74, 6) is -0.603. The molecule has 0 aliphatic carbocycles. The van der Waals surface area contributed by atoms with Crippen LogP contribution in [0.1, 0.15) is 34.0 Å². The maximum Gasteiger partial charge on any atom is 0.416 e. The molecule has 0 spiro atoms. The quantitative estimate of drug-likeness (QED) is 0.173. The third-order valence-electron chi connectivity index (χ3n) is 6.44. The molecule has 0 fully saturated rings. The summed E-state index contributed by atoms with van der Waals surface area (Å²) in [5, 5.41) is 13.8. The summed E-state index contributed by atoms with van der Waals surface area (Å²) in [6.45, 7) is 2.12. The Bertz CT molecular complexity index is 1940. The third-order valence-corrected chi connectivity index (χ3v) is 6.72. The molecule has 1 N–H and O–H groups in total. The Balaban J connectivity index is 1.52. The standard InChI is InChI=1S/C32H23ClF3N3O5/c1-2-43-27-15-20(14-25(33)28(27)44-18-19-10-12-21(13-11-19)31(41)42)17-37-39-29(22-6-5-7-23(16-22)32(34,35)36)38-26-9-4-3-8-24(26)30(39)40/h3-17H,2,18H2,1H3,(H,41,42). The topological polar surface area (TPSA) is 103 Å². The van der Waals surface area contributed by atoms with Gasteiger partial charge in [-0.2, -0.15) is 22.9 Å². The van der Waals surface area contributed by atoms with Crippen LogP contribution in [0.15, 0.2) is 94.8 Å². The summed E-state index contributed by atoms with van der Waals surface area (Å²) in [4.78, 5) is 29.1. The molecule has 0 radical (unpaired) electrons. The number of para-hydroxylation sites is 1. The van der Waals surface area contributed by atoms with Gasteiger partial charge in [-0.15, -0.1) is 0 Å². The van der Waals surface area contributed by atoms with Gasteiger partial charge in [0.15, 0.2) is 17.3 Å². The summed E-state index contributed by atoms with van der Waals surface area (Å²) in [6, 6.07) is 20.2. The zero-order valence-corrected chi connectivity index (χ0v) is 23.8. The van der Waals surface area contributed by atoms with Crippen LogP contribution in [0.4, 0.5) is 13.2 Å². The molecule has 5 rings (SSSR count). The Hall–Kier alpha value is -5.16. The molecule has 12 heteroatoms. The Morgan fingerprint density at radius 3 is 2.48 bits per heavy atom. The molecular weight excluding hydrogens is 599 g/mol. The SMILES string of the molecule is CCOc1cc(C=Nn2c(-c3cccc(C(F)(F)F)c3)nc3ccccc3c2=O)cc(Cl)c1OCc1ccc(C(=O)O)cc1. The first-order chi connectivity index (χ1) is 21.0. The predicted molar refractivity (Wildman–Crippen MR) is 160 cm³/mol. The fourth-order valence-electron chi connectivity index (χ4n) is 4.34. The first kappa shape index (κ1) is 30.3. The Labute approximate surface area is 253 Å². The zero-order valence-electron chi connectivity index (χ0n) is 23.0. The second kappa shape index (κ2) is 12.6. The Kier molecular flexibility index (Phi) is 8.68. The lowest BCUT2D eigenvalue weighted by atomic mass is 10.1. The molecule has 0 saturated heterocycles. The molecule has 8 nitrogen and oxygen atoms in total. The summed E-state index contributed by atoms with van der Waals surface area (Å²) >= 11 is 6.55. The number of aromatic nitrogens is 2. The molecule has 0 unspecified atom stereocenters. The number of benzene rings is 4. The van der Waals surface area contributed by atoms with Crippen molar-refractivity contribution in [2.45, 2.75) is 19.7 Å². The minimum atomic E-state index is -4.60. The fourth-order valence-corrected chi connectivity index (χ4v) is 4.61. The van der Waals surface area contributed by atoms with Gasteiger partial charge in [0.1, 0.15) is 6.61 Å². The van der Waals surface area contributed by atoms with E-state index < -0.39 is 23.3 Å². The Morgan fingerprint density at radius 1 is 1.02 bits per heavy atom. The highest BCUT2D eigenvalue weighted by Crippen LogP contribution is 2.37. The lowest BCUT2D eigenvalue weighted by molar-refractivity contribution is -0.137. The van der Waals surface area contributed by atoms with Gasteiger partial charge in [-0.05, 0) is 66.6 Å². The fraction of sp³-hybridized carbons (Fsp3) is 0.125. The zero-order chi connectivity index (χ0) is 31.4. The highest BCUT2D eigenvalue weighted by molar-refractivity contribution is 6.32. The highest BCUT2D eigenvalue weighted by atomic mass is 35.5. The van der Waals surface area contributed by atoms with E-state index in [0.29, 0.717) is 16.6 Å². The van der Waals surface area contributed by atoms with E-state index in [4.69, 9.17) is 26.2 Å². The third kappa shape index (κ3) is 6.57. The van der Waals surface area contributed by atoms with Crippen LogP contribution < -0.4 is 15.0 Å². The van der Waals surface area contributed by atoms with Gasteiger partial charge in [-0.1, -0.05) is 48.0 Å². The molecule has 0 amide bonds. The van der Waals surface area contributed by atoms with Crippen LogP contribution in [0.5, 0.6) is 11.5 Å². The van der Waals surface area contributed by atoms with Crippen LogP contribution in [0.2, 0.25) is 5.02 Å². The molecule has 0 atom stereocenters. The van der Waals surface area contributed by atoms with E-state index in [1.165, 1.54) is 36.5 Å². The minimum absolute atomic E-state index is 0.0491. The summed E-state index contributed by atoms with van der Waals surface area (Å²) in [6.07, 6.45) is -3.28. The molecule has 5 aromatic rings. The number of fused-ring (bicyclic) bond motifs is 1. The number of carbonyl (C=O) groups is 1. The van der Waals surface area contributed by atoms with E-state index in [0.717, 1.165) is 16.8 Å². The molecule has 4 aromatic carbocycles. The average Bonchev–Trinajstić information content (AvgIpc) is 3.00. The highest BCUT2D eigenvalue weighted by Gasteiger charge is 2.31. The number of hydrogen-bond acceptors (Lipinski definition) is 6. The van der Waals surface area contributed by atoms with E-state index >= 15 is 0 Å². The second-order valence-electron chi connectivity index (χ2n) is 9.45. The van der Waals surface area contributed by atoms with Gasteiger partial charge >= 0.3 is 12.1 Å². The van der Waals surface area contributed by atoms with Gasteiger partial charge in [0.05, 0.1) is 39.9 Å². The largest absolute Gasteiger partial charge is 0.490 e. The smallest absolute Gasteiger partial charge is 0.416 e. The monoisotopic (exact) mass is 621 g/mol. The normalized spacial score (nSPS) is 11.7. The molecular formula is C32H23ClF3N3O5. The van der Waals surface area contributed by atoms with Crippen molar-refractivity contribution >= 4 is 34.7 Å². The summed E-state index contributed by atoms with van der Waals surface area (Å²) < 4.78 is 53.0. The van der Waals surface area contributed by atoms with Crippen LogP contribution >= 0.6 is 11.6 Å². The second-order valence-corrected chi connectivity index (χ2v) is 9.85. The van der Waals surface area contributed by atoms with E-state index in [1.807, 2.05) is 0 Å². The Morgan fingerprint density at radius 2 is 1.77 bits per heavy atom. The maximum absolute atomic E-state index is 13.5. The van der Waals surface area contributed by atoms with Crippen molar-refractivity contribution in [3.63, 3.8) is 0 Å². The van der Waals surface area contributed by atoms with Crippen LogP contribution in [0.3, 0.4) is 0 Å². The van der Waals surface area contributed by atoms with Gasteiger partial charge in [-0.25, -0.2) is 9.78 Å². The van der Waals surface area contributed by atoms with Crippen molar-refractivity contribution in [1.82, 2.24) is 9.66 Å². The van der Waals surface area contributed by atoms with Crippen molar-refractivity contribution < 1.29 is 32.5 Å². The van der Waals surface area contributed by atoms with E-state index in [1.54, 1.807) is 49.4 Å². The maximum atomic E-state index is 13.5. The van der Waals surface area contributed by atoms with Gasteiger partial charge in [0.2, 0.25) is 0 Å². The van der Waals surface area contributed by atoms with Crippen molar-refractivity contribution in [3.8, 4) is 22.9 Å². The number of hydrogen-bond donors (Lipinski definition) is 1. The number of carboxylic acid groups (broad SMARTS) is 1. The molecule has 44 heavy (non-hydrogen) atoms. The van der Waals surface area contributed by atoms with Crippen LogP contribution in [-0.2, 0) is 12.8 Å². The van der Waals surface area contributed by atoms with E-state index in [9.17, 15) is 22.8 Å². The van der Waals surface area contributed by atoms with Gasteiger partial charge in [0.25, 0.3) is 5.56 Å². The van der Waals surface area contributed by atoms with E-state index in [-0.39, 0.29) is 52.1 Å². The van der Waals surface area contributed by atoms with Gasteiger partial charge < -0.3 is 14.6 Å². The summed E-state index contributed by atoms with van der Waals surface area (Å²) in [5.41, 5.74) is 0.127. The first-order valence-corrected chi connectivity index (χ1v) is 13.6. The summed E-state index contributed by atoms with van der Waals surface area (Å²) in [7, 11) is 0. The van der Waals surface area contributed by atoms with Gasteiger partial charge in [0, 0.05) is 5.56 Å². The number of alkyl halides is 3. The van der Waals surface area contributed by atoms with Crippen molar-refractivity contribution in [3.05, 3.63) is 123 Å². The number of nitrogens with zero attached hydrogens (tertiary/aromatic N) is 3. The molecule has 0 bridgehead atoms. The van der Waals surface area contributed by atoms with E-state index in [2.05, 4.69) is 10.1 Å². The number of carboxylic acids is 1. The van der Waals surface area contributed by atoms with Crippen LogP contribution in [0.25, 0.3) is 22.3 Å². The minimum Gasteiger partial charge on any atom is -0.490 e. The van der Waals surface area contributed by atoms with Crippen molar-refractivity contribution in [2.24, 2.45) is 5.10 Å². The lowest BCUT2D eigenvalue weighted by Gasteiger charge is -2.15. The van der Waals surface area contributed by atoms with Gasteiger partial charge in [-0.3, -0.25) is 4.79 Å². The number of ether oxygens (including phenoxy) is 2. The van der Waals surface area contributed by atoms with Crippen molar-refractivity contribution in [2.75, 3.05) is 6.61 Å². The van der Waals surface area contributed by atoms with Crippen molar-refractivity contribution in [1.29, 1.82) is 0 Å². The first-order valence-electron chi connectivity index (χ1n) is 13.2. The molecule has 1 aromatic heterocycles. The molecule has 0 aliphatic rings. The lowest BCUT2D eigenvalue weighted by Crippen LogP contribution is -2.20. The predicted octanol–water partition coefficient (Wildman–Crippen LogP) is 7.29. The molecule has 1 heterocycles. The van der Waals surface area contributed by atoms with Crippen LogP contribution in [0, 0.1) is 0 Å². The molecule has 0 saturated carbocycles. The molecule has 224 valence electrons. The number of rotatable bonds is 9.